The molecular formula is C14H23NO3. The highest BCUT2D eigenvalue weighted by Crippen LogP contribution is 2.65. The van der Waals surface area contributed by atoms with Crippen molar-refractivity contribution in [2.45, 2.75) is 65.5 Å². The highest BCUT2D eigenvalue weighted by atomic mass is 16.6. The normalized spacial score (nSPS) is 37.6. The van der Waals surface area contributed by atoms with Gasteiger partial charge in [-0.1, -0.05) is 13.8 Å². The Hall–Kier alpha value is -1.06. The minimum absolute atomic E-state index is 0.158. The summed E-state index contributed by atoms with van der Waals surface area (Å²) in [5.74, 6) is -0.391. The minimum Gasteiger partial charge on any atom is -0.448 e. The summed E-state index contributed by atoms with van der Waals surface area (Å²) in [6.45, 7) is 11.6. The quantitative estimate of drug-likeness (QED) is 0.727. The molecule has 0 aromatic carbocycles. The second-order valence-corrected chi connectivity index (χ2v) is 7.38. The first-order chi connectivity index (χ1) is 7.96. The maximum atomic E-state index is 12.6. The molecule has 0 aromatic heterocycles. The summed E-state index contributed by atoms with van der Waals surface area (Å²) in [4.78, 5) is 24.6. The summed E-state index contributed by atoms with van der Waals surface area (Å²) >= 11 is 0. The van der Waals surface area contributed by atoms with E-state index in [1.54, 1.807) is 0 Å². The first-order valence-electron chi connectivity index (χ1n) is 6.52. The highest BCUT2D eigenvalue weighted by Gasteiger charge is 2.75. The maximum Gasteiger partial charge on any atom is 0.313 e. The average Bonchev–Trinajstić information content (AvgIpc) is 2.45. The van der Waals surface area contributed by atoms with Crippen molar-refractivity contribution < 1.29 is 14.3 Å². The number of esters is 1. The van der Waals surface area contributed by atoms with Crippen molar-refractivity contribution in [2.24, 2.45) is 10.8 Å². The number of carbonyl (C=O) groups is 2. The van der Waals surface area contributed by atoms with E-state index in [2.05, 4.69) is 5.32 Å². The van der Waals surface area contributed by atoms with E-state index < -0.39 is 16.4 Å². The standard InChI is InChI=1S/C14H23NO3/c1-11(2,3)15-9(16)14-8-7-13(6,10(17)18-14)12(14,4)5/h7-8H2,1-6H3,(H,15,16)/t13-,14-/m1/s1. The zero-order valence-electron chi connectivity index (χ0n) is 12.1. The van der Waals surface area contributed by atoms with Gasteiger partial charge in [0.05, 0.1) is 5.41 Å². The summed E-state index contributed by atoms with van der Waals surface area (Å²) in [5.41, 5.74) is -2.32. The van der Waals surface area contributed by atoms with Crippen molar-refractivity contribution >= 4 is 11.9 Å². The monoisotopic (exact) mass is 253 g/mol. The van der Waals surface area contributed by atoms with Crippen LogP contribution in [0.1, 0.15) is 54.4 Å². The second-order valence-electron chi connectivity index (χ2n) is 7.38. The number of carbonyl (C=O) groups excluding carboxylic acids is 2. The van der Waals surface area contributed by atoms with Gasteiger partial charge in [-0.3, -0.25) is 9.59 Å². The van der Waals surface area contributed by atoms with Crippen LogP contribution in [0.25, 0.3) is 0 Å². The van der Waals surface area contributed by atoms with Gasteiger partial charge in [-0.15, -0.1) is 0 Å². The van der Waals surface area contributed by atoms with E-state index in [1.807, 2.05) is 41.5 Å². The van der Waals surface area contributed by atoms with Crippen LogP contribution in [-0.4, -0.2) is 23.0 Å². The van der Waals surface area contributed by atoms with E-state index in [9.17, 15) is 9.59 Å². The van der Waals surface area contributed by atoms with Gasteiger partial charge in [0.15, 0.2) is 5.60 Å². The van der Waals surface area contributed by atoms with Crippen molar-refractivity contribution in [3.63, 3.8) is 0 Å². The summed E-state index contributed by atoms with van der Waals surface area (Å²) < 4.78 is 5.52. The van der Waals surface area contributed by atoms with Crippen molar-refractivity contribution in [3.8, 4) is 0 Å². The Balaban J connectivity index is 2.39. The zero-order chi connectivity index (χ0) is 14.0. The molecule has 1 aliphatic heterocycles. The molecule has 0 radical (unpaired) electrons. The van der Waals surface area contributed by atoms with Crippen LogP contribution in [0.2, 0.25) is 0 Å². The summed E-state index contributed by atoms with van der Waals surface area (Å²) in [6.07, 6.45) is 1.33. The predicted octanol–water partition coefficient (Wildman–Crippen LogP) is 2.02. The molecule has 1 heterocycles. The van der Waals surface area contributed by atoms with Crippen LogP contribution in [-0.2, 0) is 14.3 Å². The first kappa shape index (κ1) is 13.4. The summed E-state index contributed by atoms with van der Waals surface area (Å²) in [5, 5.41) is 2.96. The fourth-order valence-corrected chi connectivity index (χ4v) is 3.19. The van der Waals surface area contributed by atoms with E-state index in [4.69, 9.17) is 4.74 Å². The van der Waals surface area contributed by atoms with Gasteiger partial charge in [0.2, 0.25) is 0 Å². The molecule has 18 heavy (non-hydrogen) atoms. The lowest BCUT2D eigenvalue weighted by molar-refractivity contribution is -0.169. The van der Waals surface area contributed by atoms with E-state index in [0.717, 1.165) is 6.42 Å². The molecule has 2 rings (SSSR count). The molecular weight excluding hydrogens is 230 g/mol. The Morgan fingerprint density at radius 1 is 1.22 bits per heavy atom. The van der Waals surface area contributed by atoms with Crippen LogP contribution in [0.5, 0.6) is 0 Å². The average molecular weight is 253 g/mol. The third-order valence-corrected chi connectivity index (χ3v) is 4.94. The topological polar surface area (TPSA) is 55.4 Å². The van der Waals surface area contributed by atoms with Crippen LogP contribution in [0.3, 0.4) is 0 Å². The van der Waals surface area contributed by atoms with Crippen molar-refractivity contribution in [2.75, 3.05) is 0 Å². The summed E-state index contributed by atoms with van der Waals surface area (Å²) in [6, 6.07) is 0. The lowest BCUT2D eigenvalue weighted by atomic mass is 9.66. The first-order valence-corrected chi connectivity index (χ1v) is 6.52. The molecule has 1 amide bonds. The van der Waals surface area contributed by atoms with E-state index in [-0.39, 0.29) is 17.4 Å². The Bertz CT molecular complexity index is 421. The molecule has 1 saturated carbocycles. The molecule has 1 saturated heterocycles. The Labute approximate surface area is 108 Å². The molecule has 4 nitrogen and oxygen atoms in total. The molecule has 1 aliphatic carbocycles. The molecule has 0 unspecified atom stereocenters. The van der Waals surface area contributed by atoms with E-state index in [1.165, 1.54) is 0 Å². The van der Waals surface area contributed by atoms with Gasteiger partial charge < -0.3 is 10.1 Å². The van der Waals surface area contributed by atoms with Crippen molar-refractivity contribution in [3.05, 3.63) is 0 Å². The number of ether oxygens (including phenoxy) is 1. The molecule has 1 N–H and O–H groups in total. The predicted molar refractivity (Wildman–Crippen MR) is 67.8 cm³/mol. The maximum absolute atomic E-state index is 12.6. The third kappa shape index (κ3) is 1.38. The number of hydrogen-bond acceptors (Lipinski definition) is 3. The Kier molecular flexibility index (Phi) is 2.44. The smallest absolute Gasteiger partial charge is 0.313 e. The van der Waals surface area contributed by atoms with Gasteiger partial charge in [-0.05, 0) is 40.5 Å². The number of nitrogens with one attached hydrogen (secondary N) is 1. The van der Waals surface area contributed by atoms with E-state index >= 15 is 0 Å². The number of fused-ring (bicyclic) bond motifs is 2. The van der Waals surface area contributed by atoms with Gasteiger partial charge in [-0.25, -0.2) is 0 Å². The number of hydrogen-bond donors (Lipinski definition) is 1. The number of rotatable bonds is 1. The van der Waals surface area contributed by atoms with Crippen LogP contribution < -0.4 is 5.32 Å². The lowest BCUT2D eigenvalue weighted by Gasteiger charge is -2.37. The zero-order valence-corrected chi connectivity index (χ0v) is 12.1. The molecule has 2 atom stereocenters. The van der Waals surface area contributed by atoms with Gasteiger partial charge in [0, 0.05) is 11.0 Å². The molecule has 2 bridgehead atoms. The van der Waals surface area contributed by atoms with Gasteiger partial charge in [0.1, 0.15) is 0 Å². The third-order valence-electron chi connectivity index (χ3n) is 4.94. The Morgan fingerprint density at radius 3 is 2.11 bits per heavy atom. The second kappa shape index (κ2) is 3.28. The van der Waals surface area contributed by atoms with Gasteiger partial charge >= 0.3 is 5.97 Å². The Morgan fingerprint density at radius 2 is 1.78 bits per heavy atom. The molecule has 4 heteroatoms. The molecule has 2 aliphatic rings. The van der Waals surface area contributed by atoms with Crippen LogP contribution in [0, 0.1) is 10.8 Å². The highest BCUT2D eigenvalue weighted by molar-refractivity contribution is 5.96. The fraction of sp³-hybridized carbons (Fsp3) is 0.857. The minimum atomic E-state index is -0.994. The molecule has 2 fully saturated rings. The molecule has 0 aromatic rings. The molecule has 102 valence electrons. The van der Waals surface area contributed by atoms with Crippen molar-refractivity contribution in [1.82, 2.24) is 5.32 Å². The van der Waals surface area contributed by atoms with Crippen LogP contribution >= 0.6 is 0 Å². The largest absolute Gasteiger partial charge is 0.448 e. The summed E-state index contributed by atoms with van der Waals surface area (Å²) in [7, 11) is 0. The van der Waals surface area contributed by atoms with Crippen molar-refractivity contribution in [1.29, 1.82) is 0 Å². The van der Waals surface area contributed by atoms with Crippen LogP contribution in [0.15, 0.2) is 0 Å². The van der Waals surface area contributed by atoms with Crippen LogP contribution in [0.4, 0.5) is 0 Å². The number of amides is 1. The van der Waals surface area contributed by atoms with E-state index in [0.29, 0.717) is 6.42 Å². The lowest BCUT2D eigenvalue weighted by Crippen LogP contribution is -2.57. The fourth-order valence-electron chi connectivity index (χ4n) is 3.19. The molecule has 0 spiro atoms. The van der Waals surface area contributed by atoms with Gasteiger partial charge in [0.25, 0.3) is 5.91 Å². The van der Waals surface area contributed by atoms with Gasteiger partial charge in [-0.2, -0.15) is 0 Å². The SMILES string of the molecule is CC(C)(C)NC(=O)[C@@]12CC[C@](C)(C(=O)O1)C2(C)C.